The molecule has 0 bridgehead atoms. The van der Waals surface area contributed by atoms with E-state index in [0.717, 1.165) is 0 Å². The molecule has 1 aromatic rings. The van der Waals surface area contributed by atoms with Crippen LogP contribution in [0.1, 0.15) is 6.92 Å². The van der Waals surface area contributed by atoms with Crippen molar-refractivity contribution >= 4 is 22.7 Å². The Labute approximate surface area is 83.7 Å². The first-order chi connectivity index (χ1) is 6.33. The Hall–Kier alpha value is -0.950. The quantitative estimate of drug-likeness (QED) is 0.688. The largest absolute Gasteiger partial charge is 0.129 e. The normalized spacial score (nSPS) is 14.2. The summed E-state index contributed by atoms with van der Waals surface area (Å²) in [6.45, 7) is 5.87. The van der Waals surface area contributed by atoms with Crippen LogP contribution in [0.5, 0.6) is 0 Å². The van der Waals surface area contributed by atoms with Crippen LogP contribution in [0.25, 0.3) is 11.0 Å². The maximum absolute atomic E-state index is 3.81. The van der Waals surface area contributed by atoms with E-state index in [1.807, 2.05) is 6.08 Å². The Bertz CT molecular complexity index is 401. The van der Waals surface area contributed by atoms with E-state index >= 15 is 0 Å². The molecule has 0 heterocycles. The van der Waals surface area contributed by atoms with Gasteiger partial charge in [0.2, 0.25) is 0 Å². The van der Waals surface area contributed by atoms with Gasteiger partial charge >= 0.3 is 0 Å². The van der Waals surface area contributed by atoms with Gasteiger partial charge in [0.25, 0.3) is 0 Å². The van der Waals surface area contributed by atoms with Crippen molar-refractivity contribution in [1.82, 2.24) is 0 Å². The van der Waals surface area contributed by atoms with Gasteiger partial charge in [0.1, 0.15) is 0 Å². The van der Waals surface area contributed by atoms with Crippen LogP contribution in [0.3, 0.4) is 0 Å². The molecule has 0 aliphatic heterocycles. The number of hydrogen-bond acceptors (Lipinski definition) is 1. The van der Waals surface area contributed by atoms with Crippen LogP contribution in [0.2, 0.25) is 0 Å². The molecule has 0 aliphatic carbocycles. The monoisotopic (exact) mass is 190 g/mol. The lowest BCUT2D eigenvalue weighted by atomic mass is 10.2. The molecule has 1 heteroatoms. The maximum atomic E-state index is 3.81. The summed E-state index contributed by atoms with van der Waals surface area (Å²) in [5.41, 5.74) is 0. The zero-order valence-electron chi connectivity index (χ0n) is 8.08. The van der Waals surface area contributed by atoms with Crippen molar-refractivity contribution in [3.8, 4) is 0 Å². The molecule has 0 aromatic heterocycles. The van der Waals surface area contributed by atoms with Crippen molar-refractivity contribution in [3.05, 3.63) is 47.4 Å². The summed E-state index contributed by atoms with van der Waals surface area (Å²) in [5.74, 6) is 0. The third kappa shape index (κ3) is 2.25. The van der Waals surface area contributed by atoms with Gasteiger partial charge in [-0.2, -0.15) is 0 Å². The lowest BCUT2D eigenvalue weighted by molar-refractivity contribution is 1.50. The first-order valence-electron chi connectivity index (χ1n) is 4.25. The molecule has 0 saturated carbocycles. The minimum atomic E-state index is 1.23. The van der Waals surface area contributed by atoms with Gasteiger partial charge in [0.05, 0.1) is 0 Å². The van der Waals surface area contributed by atoms with Crippen molar-refractivity contribution in [1.29, 1.82) is 0 Å². The van der Waals surface area contributed by atoms with Crippen molar-refractivity contribution in [2.75, 3.05) is 6.26 Å². The molecule has 0 spiro atoms. The van der Waals surface area contributed by atoms with E-state index in [-0.39, 0.29) is 0 Å². The van der Waals surface area contributed by atoms with Gasteiger partial charge < -0.3 is 0 Å². The van der Waals surface area contributed by atoms with Crippen LogP contribution in [0.15, 0.2) is 36.9 Å². The predicted molar refractivity (Wildman–Crippen MR) is 63.0 cm³/mol. The topological polar surface area (TPSA) is 0 Å². The van der Waals surface area contributed by atoms with Crippen molar-refractivity contribution < 1.29 is 0 Å². The van der Waals surface area contributed by atoms with Gasteiger partial charge in [-0.25, -0.2) is 0 Å². The summed E-state index contributed by atoms with van der Waals surface area (Å²) in [5, 5.41) is 2.54. The summed E-state index contributed by atoms with van der Waals surface area (Å²) in [6, 6.07) is 8.36. The van der Waals surface area contributed by atoms with E-state index < -0.39 is 0 Å². The molecule has 0 amide bonds. The van der Waals surface area contributed by atoms with E-state index in [2.05, 4.69) is 50.1 Å². The number of benzene rings is 1. The highest BCUT2D eigenvalue weighted by atomic mass is 32.2. The van der Waals surface area contributed by atoms with Gasteiger partial charge in [-0.15, -0.1) is 11.8 Å². The Morgan fingerprint density at radius 3 is 2.62 bits per heavy atom. The first-order valence-corrected chi connectivity index (χ1v) is 5.48. The molecule has 0 radical (unpaired) electrons. The molecule has 0 fully saturated rings. The summed E-state index contributed by atoms with van der Waals surface area (Å²) in [6.07, 6.45) is 6.10. The van der Waals surface area contributed by atoms with Crippen molar-refractivity contribution in [3.63, 3.8) is 0 Å². The minimum absolute atomic E-state index is 1.23. The van der Waals surface area contributed by atoms with E-state index in [4.69, 9.17) is 0 Å². The fraction of sp³-hybridized carbons (Fsp3) is 0.167. The molecule has 1 aromatic carbocycles. The third-order valence-electron chi connectivity index (χ3n) is 1.94. The van der Waals surface area contributed by atoms with Crippen LogP contribution in [0.4, 0.5) is 0 Å². The zero-order valence-corrected chi connectivity index (χ0v) is 8.90. The van der Waals surface area contributed by atoms with Crippen LogP contribution >= 0.6 is 11.8 Å². The second kappa shape index (κ2) is 4.93. The number of rotatable bonds is 2. The summed E-state index contributed by atoms with van der Waals surface area (Å²) >= 11 is 1.73. The molecule has 0 saturated heterocycles. The van der Waals surface area contributed by atoms with E-state index in [1.165, 1.54) is 15.3 Å². The number of hydrogen-bond donors (Lipinski definition) is 0. The van der Waals surface area contributed by atoms with Crippen LogP contribution in [0, 0.1) is 0 Å². The molecule has 0 N–H and O–H groups in total. The Morgan fingerprint density at radius 1 is 1.38 bits per heavy atom. The highest BCUT2D eigenvalue weighted by molar-refractivity contribution is 8.07. The average molecular weight is 190 g/mol. The fourth-order valence-electron chi connectivity index (χ4n) is 1.28. The lowest BCUT2D eigenvalue weighted by Crippen LogP contribution is -2.24. The van der Waals surface area contributed by atoms with E-state index in [9.17, 15) is 0 Å². The Balaban J connectivity index is 3.61. The smallest absolute Gasteiger partial charge is 0.0142 e. The fourth-order valence-corrected chi connectivity index (χ4v) is 1.85. The molecule has 0 unspecified atom stereocenters. The minimum Gasteiger partial charge on any atom is -0.129 e. The van der Waals surface area contributed by atoms with Gasteiger partial charge in [0.15, 0.2) is 0 Å². The van der Waals surface area contributed by atoms with Gasteiger partial charge in [0, 0.05) is 4.91 Å². The molecule has 0 aliphatic rings. The lowest BCUT2D eigenvalue weighted by Gasteiger charge is -1.96. The van der Waals surface area contributed by atoms with E-state index in [0.29, 0.717) is 0 Å². The molecule has 13 heavy (non-hydrogen) atoms. The van der Waals surface area contributed by atoms with E-state index in [1.54, 1.807) is 11.8 Å². The second-order valence-electron chi connectivity index (χ2n) is 2.65. The molecule has 0 nitrogen and oxygen atoms in total. The summed E-state index contributed by atoms with van der Waals surface area (Å²) in [4.78, 5) is 1.23. The maximum Gasteiger partial charge on any atom is 0.0142 e. The third-order valence-corrected chi connectivity index (χ3v) is 2.77. The molecule has 0 atom stereocenters. The standard InChI is InChI=1S/C12H14S/c1-4-10-8-6-7-9-11(10)12(5-2)13-3/h4-9H,2H2,1,3H3/b10-4-,12-11+. The Kier molecular flexibility index (Phi) is 3.84. The summed E-state index contributed by atoms with van der Waals surface area (Å²) < 4.78 is 0. The van der Waals surface area contributed by atoms with Crippen LogP contribution in [-0.2, 0) is 0 Å². The van der Waals surface area contributed by atoms with Gasteiger partial charge in [-0.1, -0.05) is 43.0 Å². The highest BCUT2D eigenvalue weighted by Gasteiger charge is 1.90. The van der Waals surface area contributed by atoms with Crippen LogP contribution in [-0.4, -0.2) is 6.26 Å². The van der Waals surface area contributed by atoms with Gasteiger partial charge in [-0.3, -0.25) is 0 Å². The van der Waals surface area contributed by atoms with Crippen LogP contribution < -0.4 is 10.4 Å². The number of thioether (sulfide) groups is 1. The molecular formula is C12H14S. The first kappa shape index (κ1) is 10.1. The van der Waals surface area contributed by atoms with Gasteiger partial charge in [-0.05, 0) is 23.6 Å². The zero-order chi connectivity index (χ0) is 9.68. The van der Waals surface area contributed by atoms with Crippen molar-refractivity contribution in [2.45, 2.75) is 6.92 Å². The second-order valence-corrected chi connectivity index (χ2v) is 3.50. The Morgan fingerprint density at radius 2 is 2.08 bits per heavy atom. The highest BCUT2D eigenvalue weighted by Crippen LogP contribution is 2.09. The molecule has 1 rings (SSSR count). The predicted octanol–water partition coefficient (Wildman–Crippen LogP) is 2.14. The molecular weight excluding hydrogens is 176 g/mol. The average Bonchev–Trinajstić information content (AvgIpc) is 2.20. The summed E-state index contributed by atoms with van der Waals surface area (Å²) in [7, 11) is 0. The molecule has 68 valence electrons. The van der Waals surface area contributed by atoms with Crippen molar-refractivity contribution in [2.24, 2.45) is 0 Å². The SMILES string of the molecule is C=C/C(SC)=c1/cccc/c1=C/C.